The Balaban J connectivity index is 1.86. The molecule has 0 saturated heterocycles. The predicted octanol–water partition coefficient (Wildman–Crippen LogP) is 7.17. The zero-order valence-electron chi connectivity index (χ0n) is 15.8. The minimum atomic E-state index is -0.0221. The van der Waals surface area contributed by atoms with Crippen molar-refractivity contribution in [1.82, 2.24) is 0 Å². The van der Waals surface area contributed by atoms with Crippen molar-refractivity contribution in [3.05, 3.63) is 35.4 Å². The molecule has 0 aliphatic heterocycles. The summed E-state index contributed by atoms with van der Waals surface area (Å²) in [7, 11) is 0. The Labute approximate surface area is 149 Å². The number of nitrogens with zero attached hydrogens (tertiary/aromatic N) is 1. The largest absolute Gasteiger partial charge is 0.198 e. The molecule has 1 fully saturated rings. The fraction of sp³-hybridized carbons (Fsp3) is 0.696. The van der Waals surface area contributed by atoms with Crippen LogP contribution in [-0.4, -0.2) is 0 Å². The van der Waals surface area contributed by atoms with Crippen LogP contribution in [0.1, 0.15) is 102 Å². The van der Waals surface area contributed by atoms with Crippen molar-refractivity contribution in [2.75, 3.05) is 0 Å². The minimum Gasteiger partial charge on any atom is -0.198 e. The van der Waals surface area contributed by atoms with Crippen molar-refractivity contribution < 1.29 is 0 Å². The average Bonchev–Trinajstić information content (AvgIpc) is 2.63. The Kier molecular flexibility index (Phi) is 7.83. The standard InChI is InChI=1S/C23H35N/c1-3-5-7-9-20-10-12-21(13-11-20)22-14-17-23(19-24,18-15-22)16-8-6-4-2/h10-13,22H,3-9,14-18H2,1-2H3. The molecule has 0 heterocycles. The lowest BCUT2D eigenvalue weighted by Crippen LogP contribution is -2.25. The molecule has 0 unspecified atom stereocenters. The summed E-state index contributed by atoms with van der Waals surface area (Å²) < 4.78 is 0. The summed E-state index contributed by atoms with van der Waals surface area (Å²) in [4.78, 5) is 0. The van der Waals surface area contributed by atoms with E-state index in [1.807, 2.05) is 0 Å². The second kappa shape index (κ2) is 9.87. The molecule has 0 radical (unpaired) electrons. The summed E-state index contributed by atoms with van der Waals surface area (Å²) in [5.41, 5.74) is 2.95. The van der Waals surface area contributed by atoms with E-state index in [0.717, 1.165) is 19.3 Å². The SMILES string of the molecule is CCCCCc1ccc(C2CCC(C#N)(CCCCC)CC2)cc1. The molecule has 132 valence electrons. The van der Waals surface area contributed by atoms with Crippen LogP contribution in [-0.2, 0) is 6.42 Å². The van der Waals surface area contributed by atoms with Gasteiger partial charge in [0.2, 0.25) is 0 Å². The molecule has 0 amide bonds. The topological polar surface area (TPSA) is 23.8 Å². The van der Waals surface area contributed by atoms with E-state index in [9.17, 15) is 5.26 Å². The Hall–Kier alpha value is -1.29. The fourth-order valence-corrected chi connectivity index (χ4v) is 4.17. The summed E-state index contributed by atoms with van der Waals surface area (Å²) in [6.07, 6.45) is 14.6. The molecular weight excluding hydrogens is 290 g/mol. The van der Waals surface area contributed by atoms with E-state index in [0.29, 0.717) is 5.92 Å². The van der Waals surface area contributed by atoms with Crippen LogP contribution in [0.15, 0.2) is 24.3 Å². The van der Waals surface area contributed by atoms with Crippen LogP contribution in [0.25, 0.3) is 0 Å². The van der Waals surface area contributed by atoms with E-state index in [1.54, 1.807) is 0 Å². The zero-order valence-corrected chi connectivity index (χ0v) is 15.8. The molecule has 1 aliphatic rings. The summed E-state index contributed by atoms with van der Waals surface area (Å²) in [5, 5.41) is 9.69. The van der Waals surface area contributed by atoms with Gasteiger partial charge in [-0.1, -0.05) is 70.2 Å². The highest BCUT2D eigenvalue weighted by Gasteiger charge is 2.35. The predicted molar refractivity (Wildman–Crippen MR) is 103 cm³/mol. The van der Waals surface area contributed by atoms with E-state index < -0.39 is 0 Å². The van der Waals surface area contributed by atoms with Gasteiger partial charge in [-0.3, -0.25) is 0 Å². The van der Waals surface area contributed by atoms with Crippen molar-refractivity contribution in [2.45, 2.75) is 96.8 Å². The Morgan fingerprint density at radius 3 is 2.17 bits per heavy atom. The highest BCUT2D eigenvalue weighted by atomic mass is 14.4. The van der Waals surface area contributed by atoms with E-state index in [1.165, 1.54) is 68.9 Å². The van der Waals surface area contributed by atoms with Gasteiger partial charge in [0.1, 0.15) is 0 Å². The average molecular weight is 326 g/mol. The van der Waals surface area contributed by atoms with E-state index in [-0.39, 0.29) is 5.41 Å². The number of hydrogen-bond acceptors (Lipinski definition) is 1. The van der Waals surface area contributed by atoms with Gasteiger partial charge in [0.05, 0.1) is 11.5 Å². The maximum absolute atomic E-state index is 9.69. The molecule has 0 bridgehead atoms. The molecule has 1 aromatic rings. The molecule has 1 saturated carbocycles. The van der Waals surface area contributed by atoms with Gasteiger partial charge in [0.15, 0.2) is 0 Å². The Bertz CT molecular complexity index is 500. The third kappa shape index (κ3) is 5.37. The quantitative estimate of drug-likeness (QED) is 0.441. The van der Waals surface area contributed by atoms with Gasteiger partial charge in [-0.25, -0.2) is 0 Å². The first-order chi connectivity index (χ1) is 11.7. The highest BCUT2D eigenvalue weighted by molar-refractivity contribution is 5.26. The number of hydrogen-bond donors (Lipinski definition) is 0. The summed E-state index contributed by atoms with van der Waals surface area (Å²) in [6.45, 7) is 4.50. The number of rotatable bonds is 9. The highest BCUT2D eigenvalue weighted by Crippen LogP contribution is 2.45. The normalized spacial score (nSPS) is 23.8. The molecule has 0 aromatic heterocycles. The first-order valence-corrected chi connectivity index (χ1v) is 10.2. The Morgan fingerprint density at radius 2 is 1.58 bits per heavy atom. The molecule has 0 spiro atoms. The molecule has 1 aromatic carbocycles. The van der Waals surface area contributed by atoms with Crippen molar-refractivity contribution in [1.29, 1.82) is 5.26 Å². The zero-order chi connectivity index (χ0) is 17.3. The molecule has 1 nitrogen and oxygen atoms in total. The summed E-state index contributed by atoms with van der Waals surface area (Å²) >= 11 is 0. The van der Waals surface area contributed by atoms with Gasteiger partial charge in [0, 0.05) is 0 Å². The van der Waals surface area contributed by atoms with E-state index in [2.05, 4.69) is 44.2 Å². The molecule has 0 N–H and O–H groups in total. The first-order valence-electron chi connectivity index (χ1n) is 10.2. The lowest BCUT2D eigenvalue weighted by atomic mass is 9.67. The van der Waals surface area contributed by atoms with Gasteiger partial charge in [-0.05, 0) is 62.0 Å². The monoisotopic (exact) mass is 325 g/mol. The number of unbranched alkanes of at least 4 members (excludes halogenated alkanes) is 4. The first kappa shape index (κ1) is 19.0. The van der Waals surface area contributed by atoms with Crippen molar-refractivity contribution >= 4 is 0 Å². The molecule has 0 atom stereocenters. The molecule has 1 heteroatoms. The third-order valence-electron chi connectivity index (χ3n) is 5.96. The fourth-order valence-electron chi connectivity index (χ4n) is 4.17. The van der Waals surface area contributed by atoms with Gasteiger partial charge in [-0.2, -0.15) is 5.26 Å². The van der Waals surface area contributed by atoms with E-state index >= 15 is 0 Å². The summed E-state index contributed by atoms with van der Waals surface area (Å²) in [6, 6.07) is 12.0. The van der Waals surface area contributed by atoms with E-state index in [4.69, 9.17) is 0 Å². The van der Waals surface area contributed by atoms with Gasteiger partial charge in [-0.15, -0.1) is 0 Å². The lowest BCUT2D eigenvalue weighted by molar-refractivity contribution is 0.223. The van der Waals surface area contributed by atoms with Crippen LogP contribution in [0.5, 0.6) is 0 Å². The second-order valence-electron chi connectivity index (χ2n) is 7.82. The van der Waals surface area contributed by atoms with Crippen LogP contribution in [0, 0.1) is 16.7 Å². The smallest absolute Gasteiger partial charge is 0.0689 e. The van der Waals surface area contributed by atoms with Gasteiger partial charge >= 0.3 is 0 Å². The Morgan fingerprint density at radius 1 is 0.958 bits per heavy atom. The molecule has 1 aliphatic carbocycles. The van der Waals surface area contributed by atoms with Crippen molar-refractivity contribution in [3.8, 4) is 6.07 Å². The maximum atomic E-state index is 9.69. The molecule has 2 rings (SSSR count). The number of nitriles is 1. The number of benzene rings is 1. The van der Waals surface area contributed by atoms with Crippen LogP contribution in [0.4, 0.5) is 0 Å². The molecular formula is C23H35N. The van der Waals surface area contributed by atoms with Crippen LogP contribution >= 0.6 is 0 Å². The second-order valence-corrected chi connectivity index (χ2v) is 7.82. The third-order valence-corrected chi connectivity index (χ3v) is 5.96. The minimum absolute atomic E-state index is 0.0221. The van der Waals surface area contributed by atoms with Crippen LogP contribution < -0.4 is 0 Å². The van der Waals surface area contributed by atoms with Crippen molar-refractivity contribution in [3.63, 3.8) is 0 Å². The van der Waals surface area contributed by atoms with Crippen molar-refractivity contribution in [2.24, 2.45) is 5.41 Å². The lowest BCUT2D eigenvalue weighted by Gasteiger charge is -2.35. The molecule has 24 heavy (non-hydrogen) atoms. The van der Waals surface area contributed by atoms with Crippen LogP contribution in [0.3, 0.4) is 0 Å². The summed E-state index contributed by atoms with van der Waals surface area (Å²) in [5.74, 6) is 0.669. The number of aryl methyl sites for hydroxylation is 1. The van der Waals surface area contributed by atoms with Gasteiger partial charge in [0.25, 0.3) is 0 Å². The maximum Gasteiger partial charge on any atom is 0.0689 e. The van der Waals surface area contributed by atoms with Crippen LogP contribution in [0.2, 0.25) is 0 Å². The van der Waals surface area contributed by atoms with Gasteiger partial charge < -0.3 is 0 Å².